The van der Waals surface area contributed by atoms with Gasteiger partial charge in [0.1, 0.15) is 5.69 Å². The number of imidazole rings is 1. The number of hydrogen-bond acceptors (Lipinski definition) is 5. The summed E-state index contributed by atoms with van der Waals surface area (Å²) in [5, 5.41) is 0. The maximum Gasteiger partial charge on any atom is 0.475 e. The van der Waals surface area contributed by atoms with Gasteiger partial charge in [0.2, 0.25) is 0 Å². The first-order chi connectivity index (χ1) is 14.0. The lowest BCUT2D eigenvalue weighted by Crippen LogP contribution is -2.16. The molecule has 1 saturated carbocycles. The highest BCUT2D eigenvalue weighted by molar-refractivity contribution is 7.91. The molecule has 0 N–H and O–H groups in total. The first-order valence-electron chi connectivity index (χ1n) is 9.21. The van der Waals surface area contributed by atoms with Crippen LogP contribution in [0.5, 0.6) is 0 Å². The molecule has 1 aliphatic rings. The smallest absolute Gasteiger partial charge is 0.326 e. The molecule has 3 aromatic rings. The first kappa shape index (κ1) is 21.0. The van der Waals surface area contributed by atoms with Crippen LogP contribution in [0.25, 0.3) is 22.6 Å². The molecule has 0 amide bonds. The monoisotopic (exact) mass is 457 g/mol. The van der Waals surface area contributed by atoms with Crippen molar-refractivity contribution >= 4 is 31.7 Å². The summed E-state index contributed by atoms with van der Waals surface area (Å²) >= 11 is 0. The first-order valence-corrected chi connectivity index (χ1v) is 12.0. The van der Waals surface area contributed by atoms with Crippen molar-refractivity contribution in [1.29, 1.82) is 0 Å². The number of hydrogen-bond donors (Lipinski definition) is 0. The number of pyridine rings is 1. The summed E-state index contributed by atoms with van der Waals surface area (Å²) in [6, 6.07) is 5.25. The number of aryl methyl sites for hydroxylation is 1. The number of sulfone groups is 1. The van der Waals surface area contributed by atoms with Gasteiger partial charge in [-0.2, -0.15) is 13.2 Å². The largest absolute Gasteiger partial charge is 0.475 e. The van der Waals surface area contributed by atoms with Crippen molar-refractivity contribution < 1.29 is 25.8 Å². The highest BCUT2D eigenvalue weighted by atomic mass is 32.2. The third-order valence-electron chi connectivity index (χ3n) is 5.13. The van der Waals surface area contributed by atoms with Gasteiger partial charge in [-0.3, -0.25) is 4.98 Å². The average molecular weight is 457 g/mol. The number of halogens is 3. The highest BCUT2D eigenvalue weighted by Gasteiger charge is 2.38. The van der Waals surface area contributed by atoms with Gasteiger partial charge in [-0.15, -0.1) is 0 Å². The molecule has 0 bridgehead atoms. The van der Waals surface area contributed by atoms with Crippen molar-refractivity contribution in [1.82, 2.24) is 14.5 Å². The second kappa shape index (κ2) is 7.16. The molecule has 6 nitrogen and oxygen atoms in total. The molecule has 0 radical (unpaired) electrons. The molecule has 2 heterocycles. The van der Waals surface area contributed by atoms with Gasteiger partial charge in [0.05, 0.1) is 26.6 Å². The van der Waals surface area contributed by atoms with Crippen LogP contribution in [0.1, 0.15) is 31.2 Å². The molecule has 1 atom stereocenters. The standard InChI is InChI=1S/C19H18F3N3O3S2/c1-3-30(27,28)16-8-12(11-4-5-11)10-23-17(16)18-24-14-9-13(29(26)19(20,21)22)6-7-15(14)25(18)2/h6-11H,3-5H2,1-2H3. The Morgan fingerprint density at radius 2 is 1.93 bits per heavy atom. The number of aromatic nitrogens is 3. The lowest BCUT2D eigenvalue weighted by molar-refractivity contribution is -0.0384. The maximum atomic E-state index is 12.8. The molecule has 0 spiro atoms. The van der Waals surface area contributed by atoms with Gasteiger partial charge in [-0.1, -0.05) is 6.92 Å². The Balaban J connectivity index is 1.89. The van der Waals surface area contributed by atoms with Crippen molar-refractivity contribution in [2.24, 2.45) is 7.05 Å². The van der Waals surface area contributed by atoms with E-state index in [2.05, 4.69) is 9.97 Å². The van der Waals surface area contributed by atoms with Gasteiger partial charge < -0.3 is 4.57 Å². The zero-order valence-corrected chi connectivity index (χ0v) is 17.7. The fourth-order valence-electron chi connectivity index (χ4n) is 3.30. The number of alkyl halides is 3. The van der Waals surface area contributed by atoms with Crippen LogP contribution >= 0.6 is 0 Å². The number of nitrogens with zero attached hydrogens (tertiary/aromatic N) is 3. The molecule has 11 heteroatoms. The van der Waals surface area contributed by atoms with Crippen LogP contribution in [0.4, 0.5) is 13.2 Å². The minimum absolute atomic E-state index is 0.0619. The third kappa shape index (κ3) is 3.64. The topological polar surface area (TPSA) is 81.9 Å². The molecule has 0 saturated heterocycles. The quantitative estimate of drug-likeness (QED) is 0.580. The van der Waals surface area contributed by atoms with Crippen LogP contribution in [0.3, 0.4) is 0 Å². The molecule has 1 fully saturated rings. The fraction of sp³-hybridized carbons (Fsp3) is 0.368. The van der Waals surface area contributed by atoms with Crippen LogP contribution in [0.2, 0.25) is 0 Å². The second-order valence-electron chi connectivity index (χ2n) is 7.15. The number of fused-ring (bicyclic) bond motifs is 1. The SMILES string of the molecule is CCS(=O)(=O)c1cc(C2CC2)cnc1-c1nc2cc(S(=O)C(F)(F)F)ccc2n1C. The zero-order valence-electron chi connectivity index (χ0n) is 16.1. The molecule has 1 unspecified atom stereocenters. The summed E-state index contributed by atoms with van der Waals surface area (Å²) in [4.78, 5) is 8.36. The lowest BCUT2D eigenvalue weighted by atomic mass is 10.2. The van der Waals surface area contributed by atoms with E-state index in [4.69, 9.17) is 0 Å². The Kier molecular flexibility index (Phi) is 5.00. The van der Waals surface area contributed by atoms with E-state index in [1.54, 1.807) is 23.9 Å². The molecule has 1 aromatic carbocycles. The Morgan fingerprint density at radius 1 is 1.23 bits per heavy atom. The van der Waals surface area contributed by atoms with Crippen LogP contribution in [-0.2, 0) is 27.7 Å². The minimum atomic E-state index is -4.88. The summed E-state index contributed by atoms with van der Waals surface area (Å²) in [6.07, 6.45) is 3.60. The number of rotatable bonds is 5. The van der Waals surface area contributed by atoms with Crippen molar-refractivity contribution in [2.45, 2.75) is 41.0 Å². The van der Waals surface area contributed by atoms with E-state index in [0.29, 0.717) is 11.4 Å². The van der Waals surface area contributed by atoms with Crippen molar-refractivity contribution in [3.8, 4) is 11.5 Å². The van der Waals surface area contributed by atoms with E-state index in [1.807, 2.05) is 0 Å². The Bertz CT molecular complexity index is 1280. The second-order valence-corrected chi connectivity index (χ2v) is 10.9. The number of benzene rings is 1. The molecule has 30 heavy (non-hydrogen) atoms. The summed E-state index contributed by atoms with van der Waals surface area (Å²) in [7, 11) is -5.17. The van der Waals surface area contributed by atoms with Gasteiger partial charge in [0, 0.05) is 13.2 Å². The maximum absolute atomic E-state index is 12.8. The van der Waals surface area contributed by atoms with E-state index in [1.165, 1.54) is 13.0 Å². The van der Waals surface area contributed by atoms with E-state index in [0.717, 1.165) is 30.5 Å². The molecule has 160 valence electrons. The van der Waals surface area contributed by atoms with E-state index in [9.17, 15) is 25.8 Å². The van der Waals surface area contributed by atoms with Crippen LogP contribution in [-0.4, -0.2) is 38.4 Å². The fourth-order valence-corrected chi connectivity index (χ4v) is 5.04. The summed E-state index contributed by atoms with van der Waals surface area (Å²) in [5.41, 5.74) is -3.23. The van der Waals surface area contributed by atoms with E-state index in [-0.39, 0.29) is 27.7 Å². The van der Waals surface area contributed by atoms with Crippen molar-refractivity contribution in [3.05, 3.63) is 36.0 Å². The molecular formula is C19H18F3N3O3S2. The predicted molar refractivity (Wildman–Crippen MR) is 106 cm³/mol. The molecule has 1 aliphatic carbocycles. The third-order valence-corrected chi connectivity index (χ3v) is 7.97. The van der Waals surface area contributed by atoms with Gasteiger partial charge in [-0.05, 0) is 48.6 Å². The molecule has 2 aromatic heterocycles. The normalized spacial score (nSPS) is 16.2. The minimum Gasteiger partial charge on any atom is -0.326 e. The van der Waals surface area contributed by atoms with Crippen LogP contribution in [0.15, 0.2) is 40.3 Å². The summed E-state index contributed by atoms with van der Waals surface area (Å²) < 4.78 is 77.1. The Morgan fingerprint density at radius 3 is 2.53 bits per heavy atom. The van der Waals surface area contributed by atoms with Crippen LogP contribution < -0.4 is 0 Å². The molecule has 4 rings (SSSR count). The highest BCUT2D eigenvalue weighted by Crippen LogP contribution is 2.41. The van der Waals surface area contributed by atoms with Gasteiger partial charge in [-0.25, -0.2) is 17.6 Å². The average Bonchev–Trinajstić information content (AvgIpc) is 3.50. The molecular weight excluding hydrogens is 439 g/mol. The predicted octanol–water partition coefficient (Wildman–Crippen LogP) is 3.93. The summed E-state index contributed by atoms with van der Waals surface area (Å²) in [6.45, 7) is 1.54. The molecule has 0 aliphatic heterocycles. The zero-order chi connectivity index (χ0) is 21.8. The van der Waals surface area contributed by atoms with E-state index >= 15 is 0 Å². The Labute approximate surface area is 173 Å². The Hall–Kier alpha value is -2.27. The van der Waals surface area contributed by atoms with E-state index < -0.39 is 31.0 Å². The van der Waals surface area contributed by atoms with Crippen LogP contribution in [0, 0.1) is 0 Å². The van der Waals surface area contributed by atoms with Gasteiger partial charge >= 0.3 is 5.51 Å². The lowest BCUT2D eigenvalue weighted by Gasteiger charge is -2.11. The van der Waals surface area contributed by atoms with Crippen molar-refractivity contribution in [3.63, 3.8) is 0 Å². The van der Waals surface area contributed by atoms with Gasteiger partial charge in [0.25, 0.3) is 0 Å². The summed E-state index contributed by atoms with van der Waals surface area (Å²) in [5.74, 6) is 0.404. The van der Waals surface area contributed by atoms with Crippen molar-refractivity contribution in [2.75, 3.05) is 5.75 Å². The van der Waals surface area contributed by atoms with Gasteiger partial charge in [0.15, 0.2) is 26.5 Å².